The van der Waals surface area contributed by atoms with E-state index in [1.165, 1.54) is 19.8 Å². The third kappa shape index (κ3) is 2.13. The first-order valence-corrected chi connectivity index (χ1v) is 4.99. The Balaban J connectivity index is 2.14. The normalized spacial score (nSPS) is 17.5. The molecular weight excluding hydrogens is 176 g/mol. The fraction of sp³-hybridized carbons (Fsp3) is 0.417. The van der Waals surface area contributed by atoms with Crippen molar-refractivity contribution in [1.82, 2.24) is 0 Å². The third-order valence-corrected chi connectivity index (χ3v) is 2.47. The monoisotopic (exact) mass is 190 g/mol. The zero-order chi connectivity index (χ0) is 9.97. The first-order valence-electron chi connectivity index (χ1n) is 4.99. The van der Waals surface area contributed by atoms with E-state index in [1.807, 2.05) is 30.3 Å². The molecule has 0 spiro atoms. The van der Waals surface area contributed by atoms with Crippen LogP contribution in [0.1, 0.15) is 31.4 Å². The molecule has 0 N–H and O–H groups in total. The van der Waals surface area contributed by atoms with Crippen molar-refractivity contribution in [2.24, 2.45) is 5.92 Å². The maximum absolute atomic E-state index is 10.9. The fourth-order valence-electron chi connectivity index (χ4n) is 1.66. The SMILES string of the molecule is CC(=O)O[C@H](c1ccccc1)C1CC1. The van der Waals surface area contributed by atoms with E-state index in [-0.39, 0.29) is 12.1 Å². The summed E-state index contributed by atoms with van der Waals surface area (Å²) in [7, 11) is 0. The average Bonchev–Trinajstić information content (AvgIpc) is 2.99. The van der Waals surface area contributed by atoms with Crippen molar-refractivity contribution in [3.63, 3.8) is 0 Å². The summed E-state index contributed by atoms with van der Waals surface area (Å²) in [6.07, 6.45) is 2.33. The molecule has 0 unspecified atom stereocenters. The van der Waals surface area contributed by atoms with Crippen molar-refractivity contribution in [3.05, 3.63) is 35.9 Å². The van der Waals surface area contributed by atoms with Gasteiger partial charge in [-0.05, 0) is 18.4 Å². The molecule has 2 rings (SSSR count). The van der Waals surface area contributed by atoms with Crippen molar-refractivity contribution in [2.45, 2.75) is 25.9 Å². The Hall–Kier alpha value is -1.31. The summed E-state index contributed by atoms with van der Waals surface area (Å²) < 4.78 is 5.32. The molecule has 1 fully saturated rings. The van der Waals surface area contributed by atoms with Crippen molar-refractivity contribution in [3.8, 4) is 0 Å². The minimum atomic E-state index is -0.189. The predicted molar refractivity (Wildman–Crippen MR) is 53.7 cm³/mol. The van der Waals surface area contributed by atoms with E-state index >= 15 is 0 Å². The highest BCUT2D eigenvalue weighted by Crippen LogP contribution is 2.43. The lowest BCUT2D eigenvalue weighted by Gasteiger charge is -2.16. The van der Waals surface area contributed by atoms with Gasteiger partial charge in [-0.25, -0.2) is 0 Å². The number of carbonyl (C=O) groups excluding carboxylic acids is 1. The van der Waals surface area contributed by atoms with E-state index in [4.69, 9.17) is 4.74 Å². The molecule has 2 nitrogen and oxygen atoms in total. The van der Waals surface area contributed by atoms with Crippen LogP contribution in [0.25, 0.3) is 0 Å². The first kappa shape index (κ1) is 9.25. The first-order chi connectivity index (χ1) is 6.77. The second-order valence-electron chi connectivity index (χ2n) is 3.78. The Morgan fingerprint density at radius 1 is 1.36 bits per heavy atom. The number of rotatable bonds is 3. The van der Waals surface area contributed by atoms with Crippen molar-refractivity contribution in [2.75, 3.05) is 0 Å². The summed E-state index contributed by atoms with van der Waals surface area (Å²) >= 11 is 0. The Kier molecular flexibility index (Phi) is 2.53. The molecule has 0 saturated heterocycles. The maximum Gasteiger partial charge on any atom is 0.303 e. The quantitative estimate of drug-likeness (QED) is 0.685. The molecule has 0 heterocycles. The zero-order valence-electron chi connectivity index (χ0n) is 8.27. The Labute approximate surface area is 83.9 Å². The summed E-state index contributed by atoms with van der Waals surface area (Å²) in [4.78, 5) is 10.9. The van der Waals surface area contributed by atoms with Gasteiger partial charge in [-0.15, -0.1) is 0 Å². The van der Waals surface area contributed by atoms with Gasteiger partial charge in [0.15, 0.2) is 0 Å². The van der Waals surface area contributed by atoms with Crippen LogP contribution in [0.15, 0.2) is 30.3 Å². The van der Waals surface area contributed by atoms with Gasteiger partial charge in [0.05, 0.1) is 0 Å². The highest BCUT2D eigenvalue weighted by Gasteiger charge is 2.34. The van der Waals surface area contributed by atoms with Gasteiger partial charge in [0.1, 0.15) is 6.10 Å². The third-order valence-electron chi connectivity index (χ3n) is 2.47. The summed E-state index contributed by atoms with van der Waals surface area (Å²) in [6.45, 7) is 1.47. The van der Waals surface area contributed by atoms with Crippen LogP contribution in [0.2, 0.25) is 0 Å². The number of benzene rings is 1. The van der Waals surface area contributed by atoms with E-state index < -0.39 is 0 Å². The van der Waals surface area contributed by atoms with E-state index in [0.29, 0.717) is 5.92 Å². The lowest BCUT2D eigenvalue weighted by Crippen LogP contribution is -2.10. The van der Waals surface area contributed by atoms with Gasteiger partial charge in [-0.2, -0.15) is 0 Å². The molecule has 1 atom stereocenters. The Morgan fingerprint density at radius 3 is 2.50 bits per heavy atom. The number of hydrogen-bond acceptors (Lipinski definition) is 2. The average molecular weight is 190 g/mol. The van der Waals surface area contributed by atoms with E-state index in [1.54, 1.807) is 0 Å². The number of esters is 1. The highest BCUT2D eigenvalue weighted by molar-refractivity contribution is 5.66. The minimum absolute atomic E-state index is 0.0197. The lowest BCUT2D eigenvalue weighted by molar-refractivity contribution is -0.147. The Morgan fingerprint density at radius 2 is 2.00 bits per heavy atom. The molecule has 1 aliphatic carbocycles. The van der Waals surface area contributed by atoms with E-state index in [9.17, 15) is 4.79 Å². The van der Waals surface area contributed by atoms with Crippen LogP contribution in [-0.4, -0.2) is 5.97 Å². The smallest absolute Gasteiger partial charge is 0.303 e. The molecule has 0 bridgehead atoms. The number of ether oxygens (including phenoxy) is 1. The minimum Gasteiger partial charge on any atom is -0.457 e. The Bertz CT molecular complexity index is 314. The van der Waals surface area contributed by atoms with Crippen LogP contribution in [0.5, 0.6) is 0 Å². The van der Waals surface area contributed by atoms with Crippen molar-refractivity contribution >= 4 is 5.97 Å². The topological polar surface area (TPSA) is 26.3 Å². The van der Waals surface area contributed by atoms with Gasteiger partial charge in [0.2, 0.25) is 0 Å². The predicted octanol–water partition coefficient (Wildman–Crippen LogP) is 2.70. The summed E-state index contributed by atoms with van der Waals surface area (Å²) in [5, 5.41) is 0. The molecule has 14 heavy (non-hydrogen) atoms. The van der Waals surface area contributed by atoms with Gasteiger partial charge in [-0.3, -0.25) is 4.79 Å². The van der Waals surface area contributed by atoms with Gasteiger partial charge in [0.25, 0.3) is 0 Å². The second-order valence-corrected chi connectivity index (χ2v) is 3.78. The van der Waals surface area contributed by atoms with E-state index in [0.717, 1.165) is 5.56 Å². The molecule has 0 radical (unpaired) electrons. The van der Waals surface area contributed by atoms with Crippen LogP contribution in [-0.2, 0) is 9.53 Å². The maximum atomic E-state index is 10.9. The highest BCUT2D eigenvalue weighted by atomic mass is 16.5. The molecule has 0 aromatic heterocycles. The van der Waals surface area contributed by atoms with Crippen LogP contribution in [0, 0.1) is 5.92 Å². The van der Waals surface area contributed by atoms with Gasteiger partial charge in [0, 0.05) is 12.8 Å². The second kappa shape index (κ2) is 3.82. The number of hydrogen-bond donors (Lipinski definition) is 0. The largest absolute Gasteiger partial charge is 0.457 e. The molecule has 1 aromatic rings. The molecule has 74 valence electrons. The van der Waals surface area contributed by atoms with Crippen LogP contribution >= 0.6 is 0 Å². The summed E-state index contributed by atoms with van der Waals surface area (Å²) in [6, 6.07) is 9.97. The molecule has 1 saturated carbocycles. The molecule has 1 aromatic carbocycles. The number of carbonyl (C=O) groups is 1. The standard InChI is InChI=1S/C12H14O2/c1-9(13)14-12(11-7-8-11)10-5-3-2-4-6-10/h2-6,11-12H,7-8H2,1H3/t12-/m1/s1. The van der Waals surface area contributed by atoms with Gasteiger partial charge < -0.3 is 4.74 Å². The summed E-state index contributed by atoms with van der Waals surface area (Å²) in [5.41, 5.74) is 1.12. The molecule has 0 aliphatic heterocycles. The zero-order valence-corrected chi connectivity index (χ0v) is 8.27. The molecule has 2 heteroatoms. The van der Waals surface area contributed by atoms with E-state index in [2.05, 4.69) is 0 Å². The molecule has 0 amide bonds. The van der Waals surface area contributed by atoms with Crippen LogP contribution in [0.4, 0.5) is 0 Å². The lowest BCUT2D eigenvalue weighted by atomic mass is 10.1. The van der Waals surface area contributed by atoms with Gasteiger partial charge >= 0.3 is 5.97 Å². The van der Waals surface area contributed by atoms with Crippen LogP contribution in [0.3, 0.4) is 0 Å². The van der Waals surface area contributed by atoms with Gasteiger partial charge in [-0.1, -0.05) is 30.3 Å². The van der Waals surface area contributed by atoms with Crippen LogP contribution < -0.4 is 0 Å². The van der Waals surface area contributed by atoms with Crippen molar-refractivity contribution in [1.29, 1.82) is 0 Å². The molecule has 1 aliphatic rings. The fourth-order valence-corrected chi connectivity index (χ4v) is 1.66. The summed E-state index contributed by atoms with van der Waals surface area (Å²) in [5.74, 6) is 0.354. The molecular formula is C12H14O2. The van der Waals surface area contributed by atoms with Crippen molar-refractivity contribution < 1.29 is 9.53 Å².